The zero-order valence-electron chi connectivity index (χ0n) is 14.9. The number of alkyl halides is 9. The Morgan fingerprint density at radius 1 is 0.818 bits per heavy atom. The van der Waals surface area contributed by atoms with Crippen LogP contribution in [-0.2, 0) is 18.5 Å². The molecule has 18 heteroatoms. The first kappa shape index (κ1) is 26.4. The fourth-order valence-electron chi connectivity index (χ4n) is 2.53. The van der Waals surface area contributed by atoms with E-state index >= 15 is 0 Å². The smallest absolute Gasteiger partial charge is 0.348 e. The van der Waals surface area contributed by atoms with Gasteiger partial charge in [-0.1, -0.05) is 11.6 Å². The second kappa shape index (κ2) is 8.51. The highest BCUT2D eigenvalue weighted by molar-refractivity contribution is 9.10. The minimum Gasteiger partial charge on any atom is -0.348 e. The molecule has 0 unspecified atom stereocenters. The number of nitro groups is 2. The molecular formula is C15H4BrClF9N3O4. The summed E-state index contributed by atoms with van der Waals surface area (Å²) in [7, 11) is 0. The Morgan fingerprint density at radius 2 is 1.33 bits per heavy atom. The third-order valence-corrected chi connectivity index (χ3v) is 5.08. The highest BCUT2D eigenvalue weighted by atomic mass is 79.9. The van der Waals surface area contributed by atoms with Crippen LogP contribution in [0, 0.1) is 20.2 Å². The zero-order chi connectivity index (χ0) is 25.7. The Kier molecular flexibility index (Phi) is 6.82. The number of rotatable bonds is 4. The van der Waals surface area contributed by atoms with Crippen LogP contribution in [-0.4, -0.2) is 9.85 Å². The molecule has 0 aliphatic heterocycles. The first-order chi connectivity index (χ1) is 14.8. The molecule has 0 saturated carbocycles. The van der Waals surface area contributed by atoms with Crippen LogP contribution >= 0.6 is 27.5 Å². The number of hydrogen-bond donors (Lipinski definition) is 1. The highest BCUT2D eigenvalue weighted by Crippen LogP contribution is 2.50. The number of benzene rings is 2. The lowest BCUT2D eigenvalue weighted by Crippen LogP contribution is -2.16. The Hall–Kier alpha value is -2.82. The van der Waals surface area contributed by atoms with Crippen molar-refractivity contribution in [2.24, 2.45) is 0 Å². The quantitative estimate of drug-likeness (QED) is 0.228. The van der Waals surface area contributed by atoms with Crippen LogP contribution in [0.1, 0.15) is 16.7 Å². The van der Waals surface area contributed by atoms with Gasteiger partial charge in [-0.25, -0.2) is 0 Å². The molecule has 0 saturated heterocycles. The molecule has 2 aromatic rings. The minimum atomic E-state index is -5.55. The molecule has 0 bridgehead atoms. The van der Waals surface area contributed by atoms with Crippen molar-refractivity contribution in [2.75, 3.05) is 5.32 Å². The molecule has 0 aromatic heterocycles. The Balaban J connectivity index is 2.96. The summed E-state index contributed by atoms with van der Waals surface area (Å²) in [6, 6.07) is -0.246. The van der Waals surface area contributed by atoms with Crippen molar-refractivity contribution < 1.29 is 49.4 Å². The van der Waals surface area contributed by atoms with Crippen LogP contribution in [0.5, 0.6) is 0 Å². The fraction of sp³-hybridized carbons (Fsp3) is 0.200. The van der Waals surface area contributed by atoms with E-state index in [2.05, 4.69) is 15.9 Å². The second-order valence-electron chi connectivity index (χ2n) is 5.99. The summed E-state index contributed by atoms with van der Waals surface area (Å²) in [6.07, 6.45) is -16.6. The Morgan fingerprint density at radius 3 is 1.73 bits per heavy atom. The number of nitro benzene ring substituents is 2. The number of nitrogens with zero attached hydrogens (tertiary/aromatic N) is 2. The van der Waals surface area contributed by atoms with Crippen LogP contribution in [0.3, 0.4) is 0 Å². The van der Waals surface area contributed by atoms with Crippen molar-refractivity contribution >= 4 is 50.3 Å². The number of non-ortho nitro benzene ring substituents is 1. The average Bonchev–Trinajstić information content (AvgIpc) is 2.60. The van der Waals surface area contributed by atoms with Gasteiger partial charge < -0.3 is 5.32 Å². The van der Waals surface area contributed by atoms with Crippen LogP contribution in [0.4, 0.5) is 62.3 Å². The summed E-state index contributed by atoms with van der Waals surface area (Å²) in [4.78, 5) is 19.1. The van der Waals surface area contributed by atoms with Crippen molar-refractivity contribution in [3.05, 3.63) is 64.6 Å². The van der Waals surface area contributed by atoms with Gasteiger partial charge in [-0.2, -0.15) is 39.5 Å². The molecule has 1 N–H and O–H groups in total. The van der Waals surface area contributed by atoms with Gasteiger partial charge in [-0.3, -0.25) is 20.2 Å². The summed E-state index contributed by atoms with van der Waals surface area (Å²) in [5, 5.41) is 22.0. The lowest BCUT2D eigenvalue weighted by molar-refractivity contribution is -0.394. The molecule has 180 valence electrons. The molecule has 0 amide bonds. The van der Waals surface area contributed by atoms with Crippen molar-refractivity contribution in [1.29, 1.82) is 0 Å². The Bertz CT molecular complexity index is 1150. The molecule has 0 spiro atoms. The largest absolute Gasteiger partial charge is 0.419 e. The average molecular weight is 577 g/mol. The number of nitrogens with one attached hydrogen (secondary N) is 1. The molecule has 7 nitrogen and oxygen atoms in total. The molecule has 2 aromatic carbocycles. The lowest BCUT2D eigenvalue weighted by Gasteiger charge is -2.21. The summed E-state index contributed by atoms with van der Waals surface area (Å²) in [6.45, 7) is 0. The van der Waals surface area contributed by atoms with E-state index in [9.17, 15) is 59.7 Å². The molecule has 0 radical (unpaired) electrons. The van der Waals surface area contributed by atoms with Crippen molar-refractivity contribution in [3.63, 3.8) is 0 Å². The molecule has 0 heterocycles. The monoisotopic (exact) mass is 575 g/mol. The highest BCUT2D eigenvalue weighted by Gasteiger charge is 2.44. The maximum atomic E-state index is 13.5. The summed E-state index contributed by atoms with van der Waals surface area (Å²) in [5.41, 5.74) is -12.4. The van der Waals surface area contributed by atoms with Crippen LogP contribution in [0.15, 0.2) is 22.7 Å². The van der Waals surface area contributed by atoms with Crippen LogP contribution in [0.2, 0.25) is 5.02 Å². The predicted molar refractivity (Wildman–Crippen MR) is 97.2 cm³/mol. The van der Waals surface area contributed by atoms with Gasteiger partial charge in [-0.05, 0) is 22.0 Å². The standard InChI is InChI=1S/C15H4BrClF9N3O4/c16-10-5(13(18,19)20)3-7(11(17)9(10)15(24,25)26)27-12-6(14(21,22)23)1-4(28(30)31)2-8(12)29(32)33/h1-3,27H. The third-order valence-electron chi connectivity index (χ3n) is 3.86. The summed E-state index contributed by atoms with van der Waals surface area (Å²) >= 11 is 7.63. The van der Waals surface area contributed by atoms with Gasteiger partial charge in [0.1, 0.15) is 5.69 Å². The zero-order valence-corrected chi connectivity index (χ0v) is 17.3. The van der Waals surface area contributed by atoms with E-state index in [4.69, 9.17) is 11.6 Å². The molecule has 33 heavy (non-hydrogen) atoms. The van der Waals surface area contributed by atoms with Gasteiger partial charge in [0, 0.05) is 10.5 Å². The van der Waals surface area contributed by atoms with Gasteiger partial charge in [0.05, 0.1) is 43.3 Å². The van der Waals surface area contributed by atoms with E-state index in [1.165, 1.54) is 5.32 Å². The van der Waals surface area contributed by atoms with Crippen LogP contribution < -0.4 is 5.32 Å². The number of anilines is 2. The summed E-state index contributed by atoms with van der Waals surface area (Å²) in [5.74, 6) is 0. The Labute approximate surface area is 188 Å². The third kappa shape index (κ3) is 5.40. The van der Waals surface area contributed by atoms with Crippen molar-refractivity contribution in [3.8, 4) is 0 Å². The molecule has 2 rings (SSSR count). The van der Waals surface area contributed by atoms with E-state index < -0.39 is 77.3 Å². The van der Waals surface area contributed by atoms with E-state index in [0.717, 1.165) is 0 Å². The van der Waals surface area contributed by atoms with Gasteiger partial charge >= 0.3 is 18.5 Å². The van der Waals surface area contributed by atoms with E-state index in [-0.39, 0.29) is 18.2 Å². The van der Waals surface area contributed by atoms with Crippen molar-refractivity contribution in [1.82, 2.24) is 0 Å². The van der Waals surface area contributed by atoms with Gasteiger partial charge in [0.25, 0.3) is 11.4 Å². The SMILES string of the molecule is O=[N+]([O-])c1cc([N+](=O)[O-])c(Nc2cc(C(F)(F)F)c(Br)c(C(F)(F)F)c2Cl)c(C(F)(F)F)c1. The van der Waals surface area contributed by atoms with E-state index in [1.54, 1.807) is 0 Å². The minimum absolute atomic E-state index is 0.0413. The predicted octanol–water partition coefficient (Wildman–Crippen LogP) is 7.72. The second-order valence-corrected chi connectivity index (χ2v) is 7.17. The van der Waals surface area contributed by atoms with E-state index in [0.29, 0.717) is 0 Å². The van der Waals surface area contributed by atoms with Crippen LogP contribution in [0.25, 0.3) is 0 Å². The molecule has 0 aliphatic rings. The molecule has 0 atom stereocenters. The lowest BCUT2D eigenvalue weighted by atomic mass is 10.1. The van der Waals surface area contributed by atoms with Gasteiger partial charge in [0.15, 0.2) is 0 Å². The summed E-state index contributed by atoms with van der Waals surface area (Å²) < 4.78 is 119. The topological polar surface area (TPSA) is 98.3 Å². The maximum absolute atomic E-state index is 13.5. The van der Waals surface area contributed by atoms with Crippen molar-refractivity contribution in [2.45, 2.75) is 18.5 Å². The van der Waals surface area contributed by atoms with Gasteiger partial charge in [0.2, 0.25) is 0 Å². The van der Waals surface area contributed by atoms with E-state index in [1.807, 2.05) is 0 Å². The molecular weight excluding hydrogens is 573 g/mol. The van der Waals surface area contributed by atoms with Gasteiger partial charge in [-0.15, -0.1) is 0 Å². The number of hydrogen-bond acceptors (Lipinski definition) is 5. The molecule has 0 fully saturated rings. The fourth-order valence-corrected chi connectivity index (χ4v) is 3.71. The molecule has 0 aliphatic carbocycles. The normalized spacial score (nSPS) is 12.6. The maximum Gasteiger partial charge on any atom is 0.419 e. The first-order valence-electron chi connectivity index (χ1n) is 7.74. The number of halogens is 11. The first-order valence-corrected chi connectivity index (χ1v) is 8.91.